The first kappa shape index (κ1) is 19.3. The Bertz CT molecular complexity index is 682. The molecular weight excluding hydrogens is 350 g/mol. The van der Waals surface area contributed by atoms with Gasteiger partial charge in [-0.1, -0.05) is 0 Å². The van der Waals surface area contributed by atoms with Gasteiger partial charge in [-0.05, 0) is 39.7 Å². The van der Waals surface area contributed by atoms with Crippen LogP contribution in [0.2, 0.25) is 0 Å². The SMILES string of the molecule is COc1ccc(OC(=O)N2CCC3(CC2)CN(C(=O)OC(C)(C)C)C3)nc1. The van der Waals surface area contributed by atoms with Crippen LogP contribution in [0.25, 0.3) is 0 Å². The summed E-state index contributed by atoms with van der Waals surface area (Å²) in [7, 11) is 1.55. The molecular formula is C19H27N3O5. The normalized spacial score (nSPS) is 18.7. The lowest BCUT2D eigenvalue weighted by atomic mass is 9.72. The third-order valence-corrected chi connectivity index (χ3v) is 4.92. The van der Waals surface area contributed by atoms with Crippen molar-refractivity contribution in [3.8, 4) is 11.6 Å². The molecule has 2 fully saturated rings. The molecule has 1 spiro atoms. The number of ether oxygens (including phenoxy) is 3. The minimum absolute atomic E-state index is 0.0893. The summed E-state index contributed by atoms with van der Waals surface area (Å²) < 4.78 is 15.8. The Morgan fingerprint density at radius 1 is 1.07 bits per heavy atom. The first-order valence-electron chi connectivity index (χ1n) is 9.14. The van der Waals surface area contributed by atoms with Crippen molar-refractivity contribution < 1.29 is 23.8 Å². The lowest BCUT2D eigenvalue weighted by Crippen LogP contribution is -2.62. The maximum absolute atomic E-state index is 12.3. The highest BCUT2D eigenvalue weighted by atomic mass is 16.6. The van der Waals surface area contributed by atoms with E-state index in [1.165, 1.54) is 6.20 Å². The molecule has 2 amide bonds. The summed E-state index contributed by atoms with van der Waals surface area (Å²) in [6.07, 6.45) is 2.54. The van der Waals surface area contributed by atoms with Gasteiger partial charge in [-0.3, -0.25) is 0 Å². The number of pyridine rings is 1. The Morgan fingerprint density at radius 3 is 2.26 bits per heavy atom. The number of hydrogen-bond donors (Lipinski definition) is 0. The predicted molar refractivity (Wildman–Crippen MR) is 97.9 cm³/mol. The highest BCUT2D eigenvalue weighted by molar-refractivity contribution is 5.71. The molecule has 0 aromatic carbocycles. The van der Waals surface area contributed by atoms with Gasteiger partial charge >= 0.3 is 12.2 Å². The lowest BCUT2D eigenvalue weighted by Gasteiger charge is -2.53. The maximum atomic E-state index is 12.3. The molecule has 2 saturated heterocycles. The van der Waals surface area contributed by atoms with Crippen molar-refractivity contribution in [1.82, 2.24) is 14.8 Å². The summed E-state index contributed by atoms with van der Waals surface area (Å²) in [5, 5.41) is 0. The van der Waals surface area contributed by atoms with Gasteiger partial charge in [0.15, 0.2) is 0 Å². The molecule has 1 aromatic heterocycles. The smallest absolute Gasteiger partial charge is 0.416 e. The van der Waals surface area contributed by atoms with Crippen molar-refractivity contribution in [3.63, 3.8) is 0 Å². The topological polar surface area (TPSA) is 81.2 Å². The molecule has 148 valence electrons. The van der Waals surface area contributed by atoms with Crippen LogP contribution in [0.3, 0.4) is 0 Å². The van der Waals surface area contributed by atoms with Crippen LogP contribution in [0.5, 0.6) is 11.6 Å². The second-order valence-corrected chi connectivity index (χ2v) is 8.23. The van der Waals surface area contributed by atoms with Crippen LogP contribution in [-0.4, -0.2) is 65.9 Å². The van der Waals surface area contributed by atoms with Crippen LogP contribution in [0.15, 0.2) is 18.3 Å². The highest BCUT2D eigenvalue weighted by Gasteiger charge is 2.48. The molecule has 0 saturated carbocycles. The summed E-state index contributed by atoms with van der Waals surface area (Å²) in [4.78, 5) is 31.9. The zero-order valence-corrected chi connectivity index (χ0v) is 16.4. The van der Waals surface area contributed by atoms with Crippen molar-refractivity contribution in [2.45, 2.75) is 39.2 Å². The third kappa shape index (κ3) is 4.61. The monoisotopic (exact) mass is 377 g/mol. The van der Waals surface area contributed by atoms with Gasteiger partial charge in [-0.25, -0.2) is 14.6 Å². The predicted octanol–water partition coefficient (Wildman–Crippen LogP) is 2.92. The van der Waals surface area contributed by atoms with E-state index in [-0.39, 0.29) is 17.4 Å². The van der Waals surface area contributed by atoms with Crippen LogP contribution in [0.1, 0.15) is 33.6 Å². The Morgan fingerprint density at radius 2 is 1.74 bits per heavy atom. The van der Waals surface area contributed by atoms with E-state index in [2.05, 4.69) is 4.98 Å². The fourth-order valence-corrected chi connectivity index (χ4v) is 3.40. The maximum Gasteiger partial charge on any atom is 0.416 e. The molecule has 0 bridgehead atoms. The van der Waals surface area contributed by atoms with Crippen LogP contribution in [-0.2, 0) is 4.74 Å². The van der Waals surface area contributed by atoms with Crippen LogP contribution in [0.4, 0.5) is 9.59 Å². The summed E-state index contributed by atoms with van der Waals surface area (Å²) in [5.41, 5.74) is -0.394. The second kappa shape index (κ2) is 7.25. The number of nitrogens with zero attached hydrogens (tertiary/aromatic N) is 3. The summed E-state index contributed by atoms with van der Waals surface area (Å²) in [6.45, 7) is 8.18. The Hall–Kier alpha value is -2.51. The van der Waals surface area contributed by atoms with Gasteiger partial charge in [0.1, 0.15) is 11.4 Å². The van der Waals surface area contributed by atoms with Crippen molar-refractivity contribution in [1.29, 1.82) is 0 Å². The van der Waals surface area contributed by atoms with E-state index in [0.29, 0.717) is 31.9 Å². The van der Waals surface area contributed by atoms with Gasteiger partial charge in [-0.2, -0.15) is 0 Å². The van der Waals surface area contributed by atoms with Gasteiger partial charge in [0.25, 0.3) is 0 Å². The summed E-state index contributed by atoms with van der Waals surface area (Å²) >= 11 is 0. The average Bonchev–Trinajstić information content (AvgIpc) is 2.59. The molecule has 27 heavy (non-hydrogen) atoms. The van der Waals surface area contributed by atoms with E-state index in [9.17, 15) is 9.59 Å². The molecule has 1 aromatic rings. The largest absolute Gasteiger partial charge is 0.495 e. The number of aromatic nitrogens is 1. The minimum atomic E-state index is -0.484. The number of likely N-dealkylation sites (tertiary alicyclic amines) is 2. The number of amides is 2. The average molecular weight is 377 g/mol. The fourth-order valence-electron chi connectivity index (χ4n) is 3.40. The molecule has 8 heteroatoms. The molecule has 3 heterocycles. The molecule has 0 aliphatic carbocycles. The Labute approximate surface area is 159 Å². The molecule has 0 unspecified atom stereocenters. The molecule has 8 nitrogen and oxygen atoms in total. The standard InChI is InChI=1S/C19H27N3O5/c1-18(2,3)27-17(24)22-12-19(13-22)7-9-21(10-8-19)16(23)26-15-6-5-14(25-4)11-20-15/h5-6,11H,7-10,12-13H2,1-4H3. The van der Waals surface area contributed by atoms with Crippen molar-refractivity contribution in [2.24, 2.45) is 5.41 Å². The third-order valence-electron chi connectivity index (χ3n) is 4.92. The van der Waals surface area contributed by atoms with Gasteiger partial charge < -0.3 is 24.0 Å². The van der Waals surface area contributed by atoms with E-state index in [1.54, 1.807) is 29.0 Å². The number of methoxy groups -OCH3 is 1. The highest BCUT2D eigenvalue weighted by Crippen LogP contribution is 2.41. The number of piperidine rings is 1. The van der Waals surface area contributed by atoms with Gasteiger partial charge in [0, 0.05) is 37.7 Å². The fraction of sp³-hybridized carbons (Fsp3) is 0.632. The first-order valence-corrected chi connectivity index (χ1v) is 9.14. The summed E-state index contributed by atoms with van der Waals surface area (Å²) in [6, 6.07) is 3.30. The number of carbonyl (C=O) groups is 2. The molecule has 2 aliphatic rings. The van der Waals surface area contributed by atoms with E-state index >= 15 is 0 Å². The molecule has 0 atom stereocenters. The van der Waals surface area contributed by atoms with Crippen molar-refractivity contribution in [3.05, 3.63) is 18.3 Å². The van der Waals surface area contributed by atoms with Crippen molar-refractivity contribution >= 4 is 12.2 Å². The van der Waals surface area contributed by atoms with Gasteiger partial charge in [-0.15, -0.1) is 0 Å². The second-order valence-electron chi connectivity index (χ2n) is 8.23. The van der Waals surface area contributed by atoms with E-state index in [1.807, 2.05) is 20.8 Å². The Kier molecular flexibility index (Phi) is 5.17. The van der Waals surface area contributed by atoms with Crippen LogP contribution in [0, 0.1) is 5.41 Å². The number of carbonyl (C=O) groups excluding carboxylic acids is 2. The zero-order chi connectivity index (χ0) is 19.7. The van der Waals surface area contributed by atoms with E-state index < -0.39 is 11.7 Å². The first-order chi connectivity index (χ1) is 12.7. The number of hydrogen-bond acceptors (Lipinski definition) is 6. The van der Waals surface area contributed by atoms with Gasteiger partial charge in [0.05, 0.1) is 13.3 Å². The minimum Gasteiger partial charge on any atom is -0.495 e. The zero-order valence-electron chi connectivity index (χ0n) is 16.4. The van der Waals surface area contributed by atoms with E-state index in [0.717, 1.165) is 12.8 Å². The lowest BCUT2D eigenvalue weighted by molar-refractivity contribution is -0.0565. The molecule has 0 radical (unpaired) electrons. The Balaban J connectivity index is 1.45. The number of rotatable bonds is 2. The van der Waals surface area contributed by atoms with E-state index in [4.69, 9.17) is 14.2 Å². The molecule has 2 aliphatic heterocycles. The molecule has 0 N–H and O–H groups in total. The summed E-state index contributed by atoms with van der Waals surface area (Å²) in [5.74, 6) is 0.857. The quantitative estimate of drug-likeness (QED) is 0.788. The van der Waals surface area contributed by atoms with Crippen molar-refractivity contribution in [2.75, 3.05) is 33.3 Å². The molecule has 3 rings (SSSR count). The van der Waals surface area contributed by atoms with Crippen LogP contribution >= 0.6 is 0 Å². The van der Waals surface area contributed by atoms with Gasteiger partial charge in [0.2, 0.25) is 5.88 Å². The van der Waals surface area contributed by atoms with Crippen LogP contribution < -0.4 is 9.47 Å².